The Hall–Kier alpha value is -2.32. The first kappa shape index (κ1) is 55.7. The molecule has 0 aromatic heterocycles. The molecule has 1 amide bonds. The first-order chi connectivity index (χ1) is 28.0. The Bertz CT molecular complexity index is 1220. The molecular formula is C49H88N2O6P+. The molecule has 334 valence electrons. The Morgan fingerprint density at radius 3 is 1.52 bits per heavy atom. The van der Waals surface area contributed by atoms with E-state index in [4.69, 9.17) is 9.05 Å². The van der Waals surface area contributed by atoms with Crippen LogP contribution >= 0.6 is 7.82 Å². The van der Waals surface area contributed by atoms with Crippen LogP contribution < -0.4 is 5.32 Å². The summed E-state index contributed by atoms with van der Waals surface area (Å²) in [5.74, 6) is -0.193. The summed E-state index contributed by atoms with van der Waals surface area (Å²) in [4.78, 5) is 23.1. The number of phosphoric acid groups is 1. The number of carbonyl (C=O) groups is 1. The van der Waals surface area contributed by atoms with Gasteiger partial charge in [0, 0.05) is 6.42 Å². The molecule has 0 aliphatic carbocycles. The number of quaternary nitrogens is 1. The van der Waals surface area contributed by atoms with Gasteiger partial charge in [0.1, 0.15) is 13.2 Å². The molecule has 0 fully saturated rings. The maximum absolute atomic E-state index is 12.8. The second-order valence-electron chi connectivity index (χ2n) is 16.4. The number of aliphatic hydroxyl groups is 1. The average Bonchev–Trinajstić information content (AvgIpc) is 3.17. The number of rotatable bonds is 40. The van der Waals surface area contributed by atoms with Gasteiger partial charge in [-0.3, -0.25) is 13.8 Å². The lowest BCUT2D eigenvalue weighted by atomic mass is 10.1. The van der Waals surface area contributed by atoms with Gasteiger partial charge in [0.2, 0.25) is 5.91 Å². The van der Waals surface area contributed by atoms with E-state index in [0.29, 0.717) is 17.4 Å². The fourth-order valence-corrected chi connectivity index (χ4v) is 6.72. The van der Waals surface area contributed by atoms with Gasteiger partial charge in [-0.25, -0.2) is 4.57 Å². The molecule has 3 atom stereocenters. The lowest BCUT2D eigenvalue weighted by Gasteiger charge is -2.25. The van der Waals surface area contributed by atoms with Crippen molar-refractivity contribution in [3.8, 4) is 0 Å². The fraction of sp³-hybridized carbons (Fsp3) is 0.694. The van der Waals surface area contributed by atoms with Gasteiger partial charge in [-0.15, -0.1) is 0 Å². The molecule has 0 spiro atoms. The molecule has 0 aliphatic heterocycles. The highest BCUT2D eigenvalue weighted by Crippen LogP contribution is 2.43. The van der Waals surface area contributed by atoms with Crippen molar-refractivity contribution < 1.29 is 32.9 Å². The molecule has 0 aromatic rings. The van der Waals surface area contributed by atoms with Crippen molar-refractivity contribution in [2.45, 2.75) is 180 Å². The summed E-state index contributed by atoms with van der Waals surface area (Å²) in [6.45, 7) is 4.64. The third kappa shape index (κ3) is 41.8. The Balaban J connectivity index is 4.24. The number of aliphatic hydroxyl groups excluding tert-OH is 1. The highest BCUT2D eigenvalue weighted by atomic mass is 31.2. The summed E-state index contributed by atoms with van der Waals surface area (Å²) >= 11 is 0. The number of amides is 1. The Kier molecular flexibility index (Phi) is 38.5. The smallest absolute Gasteiger partial charge is 0.387 e. The number of unbranched alkanes of at least 4 members (excludes halogenated alkanes) is 15. The molecule has 9 heteroatoms. The first-order valence-corrected chi connectivity index (χ1v) is 24.5. The normalized spacial score (nSPS) is 15.1. The van der Waals surface area contributed by atoms with Crippen molar-refractivity contribution in [3.63, 3.8) is 0 Å². The molecule has 0 aliphatic rings. The number of nitrogens with zero attached hydrogens (tertiary/aromatic N) is 1. The number of hydrogen-bond acceptors (Lipinski definition) is 5. The van der Waals surface area contributed by atoms with Crippen molar-refractivity contribution in [1.29, 1.82) is 0 Å². The van der Waals surface area contributed by atoms with E-state index in [0.717, 1.165) is 83.5 Å². The molecule has 3 unspecified atom stereocenters. The number of allylic oxidation sites excluding steroid dienone is 13. The molecule has 0 rings (SSSR count). The van der Waals surface area contributed by atoms with Crippen molar-refractivity contribution >= 4 is 13.7 Å². The van der Waals surface area contributed by atoms with E-state index in [1.807, 2.05) is 27.2 Å². The second kappa shape index (κ2) is 40.1. The average molecular weight is 832 g/mol. The van der Waals surface area contributed by atoms with Gasteiger partial charge in [0.05, 0.1) is 39.9 Å². The number of hydrogen-bond donors (Lipinski definition) is 3. The Labute approximate surface area is 356 Å². The molecule has 0 heterocycles. The van der Waals surface area contributed by atoms with Gasteiger partial charge in [-0.05, 0) is 70.6 Å². The van der Waals surface area contributed by atoms with Crippen LogP contribution in [0.2, 0.25) is 0 Å². The van der Waals surface area contributed by atoms with Gasteiger partial charge in [0.15, 0.2) is 0 Å². The van der Waals surface area contributed by atoms with Crippen molar-refractivity contribution in [2.75, 3.05) is 40.9 Å². The van der Waals surface area contributed by atoms with E-state index in [2.05, 4.69) is 92.1 Å². The number of nitrogens with one attached hydrogen (secondary N) is 1. The van der Waals surface area contributed by atoms with E-state index in [1.54, 1.807) is 6.08 Å². The molecular weight excluding hydrogens is 744 g/mol. The zero-order valence-electron chi connectivity index (χ0n) is 37.8. The van der Waals surface area contributed by atoms with Gasteiger partial charge in [-0.1, -0.05) is 176 Å². The molecule has 0 bridgehead atoms. The summed E-state index contributed by atoms with van der Waals surface area (Å²) < 4.78 is 23.5. The third-order valence-corrected chi connectivity index (χ3v) is 10.6. The van der Waals surface area contributed by atoms with Crippen LogP contribution in [0.5, 0.6) is 0 Å². The van der Waals surface area contributed by atoms with Gasteiger partial charge in [0.25, 0.3) is 0 Å². The SMILES string of the molecule is CC/C=C\C/C=C\C/C=C\C/C=C\C/C=C\C/C=C\CCCCCCCCCCC(=O)NC(COP(=O)(O)OCC[N+](C)(C)C)C(O)/C=C/CCCCCCCCC. The summed E-state index contributed by atoms with van der Waals surface area (Å²) in [7, 11) is 1.55. The zero-order valence-corrected chi connectivity index (χ0v) is 38.6. The van der Waals surface area contributed by atoms with E-state index in [1.165, 1.54) is 64.2 Å². The number of phosphoric ester groups is 1. The van der Waals surface area contributed by atoms with E-state index in [-0.39, 0.29) is 19.1 Å². The highest BCUT2D eigenvalue weighted by molar-refractivity contribution is 7.47. The van der Waals surface area contributed by atoms with E-state index in [9.17, 15) is 19.4 Å². The zero-order chi connectivity index (χ0) is 42.8. The molecule has 0 radical (unpaired) electrons. The Morgan fingerprint density at radius 1 is 0.603 bits per heavy atom. The molecule has 0 aromatic carbocycles. The molecule has 8 nitrogen and oxygen atoms in total. The quantitative estimate of drug-likeness (QED) is 0.0246. The fourth-order valence-electron chi connectivity index (χ4n) is 5.98. The third-order valence-electron chi connectivity index (χ3n) is 9.62. The largest absolute Gasteiger partial charge is 0.472 e. The number of likely N-dealkylation sites (N-methyl/N-ethyl adjacent to an activating group) is 1. The Morgan fingerprint density at radius 2 is 1.03 bits per heavy atom. The molecule has 0 saturated heterocycles. The lowest BCUT2D eigenvalue weighted by molar-refractivity contribution is -0.870. The maximum Gasteiger partial charge on any atom is 0.472 e. The summed E-state index contributed by atoms with van der Waals surface area (Å²) in [6, 6.07) is -0.854. The maximum atomic E-state index is 12.8. The van der Waals surface area contributed by atoms with E-state index >= 15 is 0 Å². The predicted octanol–water partition coefficient (Wildman–Crippen LogP) is 13.0. The molecule has 58 heavy (non-hydrogen) atoms. The molecule has 3 N–H and O–H groups in total. The van der Waals surface area contributed by atoms with Crippen LogP contribution in [-0.2, 0) is 18.4 Å². The first-order valence-electron chi connectivity index (χ1n) is 23.0. The summed E-state index contributed by atoms with van der Waals surface area (Å²) in [6.07, 6.45) is 55.2. The predicted molar refractivity (Wildman–Crippen MR) is 249 cm³/mol. The topological polar surface area (TPSA) is 105 Å². The second-order valence-corrected chi connectivity index (χ2v) is 17.9. The van der Waals surface area contributed by atoms with Crippen LogP contribution in [0.1, 0.15) is 168 Å². The minimum Gasteiger partial charge on any atom is -0.387 e. The summed E-state index contributed by atoms with van der Waals surface area (Å²) in [5.41, 5.74) is 0. The van der Waals surface area contributed by atoms with Gasteiger partial charge in [-0.2, -0.15) is 0 Å². The van der Waals surface area contributed by atoms with Crippen LogP contribution in [0.4, 0.5) is 0 Å². The highest BCUT2D eigenvalue weighted by Gasteiger charge is 2.27. The van der Waals surface area contributed by atoms with Gasteiger partial charge < -0.3 is 19.8 Å². The molecule has 0 saturated carbocycles. The number of carbonyl (C=O) groups excluding carboxylic acids is 1. The van der Waals surface area contributed by atoms with Crippen molar-refractivity contribution in [1.82, 2.24) is 5.32 Å². The van der Waals surface area contributed by atoms with Crippen LogP contribution in [0.15, 0.2) is 85.1 Å². The van der Waals surface area contributed by atoms with Crippen molar-refractivity contribution in [2.24, 2.45) is 0 Å². The van der Waals surface area contributed by atoms with Crippen LogP contribution in [0.3, 0.4) is 0 Å². The minimum atomic E-state index is -4.34. The standard InChI is InChI=1S/C49H87N2O6P/c1-6-8-10-12-14-16-17-18-19-20-21-22-23-24-25-26-27-28-29-30-31-32-33-35-37-39-41-43-49(53)50-47(46-57-58(54,55)56-45-44-51(3,4)5)48(52)42-40-38-36-34-15-13-11-9-7-2/h8,10,14,16,18-19,21-22,24-25,27-28,40,42,47-48,52H,6-7,9,11-13,15,17,20,23,26,29-39,41,43-46H2,1-5H3,(H-,50,53,54,55)/p+1/b10-8-,16-14-,19-18-,22-21-,25-24-,28-27-,42-40+. The monoisotopic (exact) mass is 832 g/mol. The van der Waals surface area contributed by atoms with Crippen LogP contribution in [0, 0.1) is 0 Å². The van der Waals surface area contributed by atoms with E-state index < -0.39 is 20.0 Å². The lowest BCUT2D eigenvalue weighted by Crippen LogP contribution is -2.45. The summed E-state index contributed by atoms with van der Waals surface area (Å²) in [5, 5.41) is 13.8. The van der Waals surface area contributed by atoms with Gasteiger partial charge >= 0.3 is 7.82 Å². The van der Waals surface area contributed by atoms with Crippen molar-refractivity contribution in [3.05, 3.63) is 85.1 Å². The minimum absolute atomic E-state index is 0.0551. The van der Waals surface area contributed by atoms with Crippen LogP contribution in [0.25, 0.3) is 0 Å². The van der Waals surface area contributed by atoms with Crippen LogP contribution in [-0.4, -0.2) is 73.4 Å².